The van der Waals surface area contributed by atoms with E-state index in [4.69, 9.17) is 27.6 Å². The minimum Gasteiger partial charge on any atom is -0.457 e. The first-order valence-electron chi connectivity index (χ1n) is 9.33. The molecule has 7 nitrogen and oxygen atoms in total. The molecule has 160 valence electrons. The average molecular weight is 469 g/mol. The molecule has 2 aromatic carbocycles. The second kappa shape index (κ2) is 8.45. The monoisotopic (exact) mass is 468 g/mol. The van der Waals surface area contributed by atoms with E-state index in [1.807, 2.05) is 0 Å². The molecule has 0 bridgehead atoms. The van der Waals surface area contributed by atoms with Gasteiger partial charge in [-0.1, -0.05) is 53.5 Å². The fraction of sp³-hybridized carbons (Fsp3) is 0.0435. The van der Waals surface area contributed by atoms with Gasteiger partial charge in [0.1, 0.15) is 17.1 Å². The summed E-state index contributed by atoms with van der Waals surface area (Å²) in [6.45, 7) is 1.48. The first-order chi connectivity index (χ1) is 15.3. The summed E-state index contributed by atoms with van der Waals surface area (Å²) in [5.41, 5.74) is 1.01. The number of barbiturate groups is 1. The summed E-state index contributed by atoms with van der Waals surface area (Å²) in [5, 5.41) is 2.27. The molecule has 0 radical (unpaired) electrons. The van der Waals surface area contributed by atoms with Crippen molar-refractivity contribution in [1.29, 1.82) is 0 Å². The molecule has 2 heterocycles. The van der Waals surface area contributed by atoms with Gasteiger partial charge in [0.2, 0.25) is 0 Å². The molecule has 4 amide bonds. The highest BCUT2D eigenvalue weighted by atomic mass is 35.5. The summed E-state index contributed by atoms with van der Waals surface area (Å²) in [7, 11) is 0. The number of nitrogens with zero attached hydrogens (tertiary/aromatic N) is 1. The van der Waals surface area contributed by atoms with Crippen LogP contribution in [0.3, 0.4) is 0 Å². The van der Waals surface area contributed by atoms with E-state index in [1.54, 1.807) is 36.4 Å². The first kappa shape index (κ1) is 21.5. The number of hydrogen-bond donors (Lipinski definition) is 1. The number of nitrogens with one attached hydrogen (secondary N) is 1. The lowest BCUT2D eigenvalue weighted by Crippen LogP contribution is -2.54. The third-order valence-corrected chi connectivity index (χ3v) is 5.57. The summed E-state index contributed by atoms with van der Waals surface area (Å²) >= 11 is 12.1. The summed E-state index contributed by atoms with van der Waals surface area (Å²) in [6, 6.07) is 13.6. The highest BCUT2D eigenvalue weighted by Gasteiger charge is 2.38. The van der Waals surface area contributed by atoms with Crippen LogP contribution in [0.5, 0.6) is 0 Å². The number of benzene rings is 2. The van der Waals surface area contributed by atoms with Crippen LogP contribution in [0.1, 0.15) is 23.0 Å². The number of imide groups is 2. The van der Waals surface area contributed by atoms with Crippen molar-refractivity contribution in [2.24, 2.45) is 0 Å². The summed E-state index contributed by atoms with van der Waals surface area (Å²) in [6.07, 6.45) is 1.24. The second-order valence-corrected chi connectivity index (χ2v) is 7.65. The maximum absolute atomic E-state index is 13.0. The van der Waals surface area contributed by atoms with Gasteiger partial charge in [-0.15, -0.1) is 0 Å². The molecule has 0 atom stereocenters. The van der Waals surface area contributed by atoms with Crippen molar-refractivity contribution >= 4 is 58.6 Å². The van der Waals surface area contributed by atoms with E-state index >= 15 is 0 Å². The molecule has 1 N–H and O–H groups in total. The summed E-state index contributed by atoms with van der Waals surface area (Å²) in [5.74, 6) is -1.09. The Morgan fingerprint density at radius 1 is 1.00 bits per heavy atom. The Labute approximate surface area is 192 Å². The zero-order valence-electron chi connectivity index (χ0n) is 16.5. The number of halogens is 2. The van der Waals surface area contributed by atoms with E-state index in [2.05, 4.69) is 5.32 Å². The zero-order valence-corrected chi connectivity index (χ0v) is 18.0. The number of carbonyl (C=O) groups is 4. The van der Waals surface area contributed by atoms with Crippen LogP contribution in [-0.4, -0.2) is 23.6 Å². The molecule has 0 unspecified atom stereocenters. The molecule has 1 aromatic heterocycles. The molecule has 32 heavy (non-hydrogen) atoms. The van der Waals surface area contributed by atoms with Gasteiger partial charge in [0.15, 0.2) is 5.78 Å². The van der Waals surface area contributed by atoms with Gasteiger partial charge in [-0.2, -0.15) is 0 Å². The van der Waals surface area contributed by atoms with Gasteiger partial charge in [0, 0.05) is 11.1 Å². The molecule has 1 aliphatic heterocycles. The van der Waals surface area contributed by atoms with E-state index in [9.17, 15) is 19.2 Å². The Morgan fingerprint density at radius 2 is 1.72 bits per heavy atom. The number of rotatable bonds is 4. The van der Waals surface area contributed by atoms with Crippen LogP contribution in [0.15, 0.2) is 64.6 Å². The number of urea groups is 1. The Morgan fingerprint density at radius 3 is 2.41 bits per heavy atom. The second-order valence-electron chi connectivity index (χ2n) is 6.87. The van der Waals surface area contributed by atoms with Crippen molar-refractivity contribution in [3.63, 3.8) is 0 Å². The standard InChI is InChI=1S/C23H14Cl2N2O5/c1-12(28)13-5-7-14(8-6-13)19-10-9-15(32-19)11-16-21(29)26-23(31)27(22(16)30)18-4-2-3-17(24)20(18)25/h2-11H,1H3,(H,26,29,31)/b16-11+. The van der Waals surface area contributed by atoms with Gasteiger partial charge in [-0.25, -0.2) is 9.69 Å². The van der Waals surface area contributed by atoms with Crippen molar-refractivity contribution in [3.05, 3.63) is 81.5 Å². The minimum absolute atomic E-state index is 0.000610. The van der Waals surface area contributed by atoms with Gasteiger partial charge in [-0.3, -0.25) is 19.7 Å². The largest absolute Gasteiger partial charge is 0.457 e. The molecule has 0 saturated carbocycles. The average Bonchev–Trinajstić information content (AvgIpc) is 3.23. The van der Waals surface area contributed by atoms with Crippen molar-refractivity contribution in [2.75, 3.05) is 4.90 Å². The Hall–Kier alpha value is -3.68. The lowest BCUT2D eigenvalue weighted by Gasteiger charge is -2.27. The smallest absolute Gasteiger partial charge is 0.336 e. The molecule has 0 aliphatic carbocycles. The van der Waals surface area contributed by atoms with Crippen LogP contribution in [0.4, 0.5) is 10.5 Å². The lowest BCUT2D eigenvalue weighted by atomic mass is 10.1. The molecule has 0 spiro atoms. The van der Waals surface area contributed by atoms with Crippen LogP contribution >= 0.6 is 23.2 Å². The normalized spacial score (nSPS) is 15.3. The van der Waals surface area contributed by atoms with Crippen LogP contribution in [-0.2, 0) is 9.59 Å². The lowest BCUT2D eigenvalue weighted by molar-refractivity contribution is -0.122. The topological polar surface area (TPSA) is 96.7 Å². The van der Waals surface area contributed by atoms with E-state index in [0.29, 0.717) is 16.9 Å². The van der Waals surface area contributed by atoms with Crippen LogP contribution in [0.25, 0.3) is 17.4 Å². The van der Waals surface area contributed by atoms with Crippen LogP contribution < -0.4 is 10.2 Å². The predicted octanol–water partition coefficient (Wildman–Crippen LogP) is 5.12. The van der Waals surface area contributed by atoms with Crippen LogP contribution in [0, 0.1) is 0 Å². The Kier molecular flexibility index (Phi) is 5.69. The SMILES string of the molecule is CC(=O)c1ccc(-c2ccc(/C=C3\C(=O)NC(=O)N(c4cccc(Cl)c4Cl)C3=O)o2)cc1. The number of carbonyl (C=O) groups excluding carboxylic acids is 4. The quantitative estimate of drug-likeness (QED) is 0.325. The molecular formula is C23H14Cl2N2O5. The number of furan rings is 1. The number of anilines is 1. The van der Waals surface area contributed by atoms with Crippen molar-refractivity contribution in [3.8, 4) is 11.3 Å². The maximum Gasteiger partial charge on any atom is 0.336 e. The van der Waals surface area contributed by atoms with E-state index < -0.39 is 17.8 Å². The van der Waals surface area contributed by atoms with Gasteiger partial charge in [0.25, 0.3) is 11.8 Å². The third-order valence-electron chi connectivity index (χ3n) is 4.76. The third kappa shape index (κ3) is 3.95. The van der Waals surface area contributed by atoms with E-state index in [0.717, 1.165) is 4.90 Å². The first-order valence-corrected chi connectivity index (χ1v) is 10.1. The minimum atomic E-state index is -0.938. The number of hydrogen-bond acceptors (Lipinski definition) is 5. The van der Waals surface area contributed by atoms with Crippen LogP contribution in [0.2, 0.25) is 10.0 Å². The van der Waals surface area contributed by atoms with Gasteiger partial charge in [-0.05, 0) is 37.3 Å². The Bertz CT molecular complexity index is 1310. The number of ketones is 1. The highest BCUT2D eigenvalue weighted by Crippen LogP contribution is 2.34. The van der Waals surface area contributed by atoms with Crippen molar-refractivity contribution in [1.82, 2.24) is 5.32 Å². The number of amides is 4. The fourth-order valence-electron chi connectivity index (χ4n) is 3.14. The van der Waals surface area contributed by atoms with Gasteiger partial charge in [0.05, 0.1) is 15.7 Å². The molecule has 1 fully saturated rings. The summed E-state index contributed by atoms with van der Waals surface area (Å²) < 4.78 is 5.74. The van der Waals surface area contributed by atoms with Crippen molar-refractivity contribution in [2.45, 2.75) is 6.92 Å². The van der Waals surface area contributed by atoms with Gasteiger partial charge >= 0.3 is 6.03 Å². The summed E-state index contributed by atoms with van der Waals surface area (Å²) in [4.78, 5) is 49.8. The molecule has 1 saturated heterocycles. The molecule has 4 rings (SSSR count). The van der Waals surface area contributed by atoms with E-state index in [-0.39, 0.29) is 32.8 Å². The molecule has 9 heteroatoms. The van der Waals surface area contributed by atoms with E-state index in [1.165, 1.54) is 31.2 Å². The molecule has 3 aromatic rings. The van der Waals surface area contributed by atoms with Gasteiger partial charge < -0.3 is 4.42 Å². The fourth-order valence-corrected chi connectivity index (χ4v) is 3.52. The van der Waals surface area contributed by atoms with Crippen molar-refractivity contribution < 1.29 is 23.6 Å². The Balaban J connectivity index is 1.67. The predicted molar refractivity (Wildman–Crippen MR) is 120 cm³/mol. The maximum atomic E-state index is 13.0. The zero-order chi connectivity index (χ0) is 23.0. The molecule has 1 aliphatic rings. The highest BCUT2D eigenvalue weighted by molar-refractivity contribution is 6.46. The molecular weight excluding hydrogens is 455 g/mol. The number of Topliss-reactive ketones (excluding diaryl/α,β-unsaturated/α-hetero) is 1.